The molecule has 0 amide bonds. The van der Waals surface area contributed by atoms with Crippen LogP contribution < -0.4 is 0 Å². The van der Waals surface area contributed by atoms with Crippen molar-refractivity contribution in [2.45, 2.75) is 213 Å². The molecule has 1 atom stereocenters. The molecule has 0 rings (SSSR count). The lowest BCUT2D eigenvalue weighted by atomic mass is 10.0. The van der Waals surface area contributed by atoms with E-state index in [1.807, 2.05) is 6.08 Å². The zero-order valence-electron chi connectivity index (χ0n) is 36.9. The first-order chi connectivity index (χ1) is 28.3. The molecule has 0 heterocycles. The molecule has 0 aromatic carbocycles. The van der Waals surface area contributed by atoms with Gasteiger partial charge in [-0.2, -0.15) is 0 Å². The Balaban J connectivity index is 3.95. The molecule has 58 heavy (non-hydrogen) atoms. The number of phosphoric acid groups is 1. The number of esters is 2. The van der Waals surface area contributed by atoms with Crippen LogP contribution in [0.4, 0.5) is 0 Å². The lowest BCUT2D eigenvalue weighted by Gasteiger charge is -2.18. The number of phosphoric ester groups is 1. The highest BCUT2D eigenvalue weighted by atomic mass is 31.2. The Bertz CT molecular complexity index is 1170. The summed E-state index contributed by atoms with van der Waals surface area (Å²) in [5.74, 6) is -0.991. The summed E-state index contributed by atoms with van der Waals surface area (Å²) >= 11 is 0. The largest absolute Gasteiger partial charge is 0.469 e. The second kappa shape index (κ2) is 44.1. The highest BCUT2D eigenvalue weighted by Crippen LogP contribution is 2.36. The van der Waals surface area contributed by atoms with Crippen LogP contribution in [0.25, 0.3) is 0 Å². The minimum absolute atomic E-state index is 0.150. The predicted octanol–water partition coefficient (Wildman–Crippen LogP) is 14.6. The smallest absolute Gasteiger partial charge is 0.462 e. The van der Waals surface area contributed by atoms with Crippen molar-refractivity contribution in [3.05, 3.63) is 72.9 Å². The first-order valence-corrected chi connectivity index (χ1v) is 24.8. The molecule has 0 aliphatic heterocycles. The van der Waals surface area contributed by atoms with Crippen LogP contribution in [-0.2, 0) is 28.2 Å². The van der Waals surface area contributed by atoms with E-state index in [2.05, 4.69) is 85.2 Å². The lowest BCUT2D eigenvalue weighted by Crippen LogP contribution is -2.29. The summed E-state index contributed by atoms with van der Waals surface area (Å²) in [6.45, 7) is 3.52. The van der Waals surface area contributed by atoms with Crippen molar-refractivity contribution in [3.8, 4) is 0 Å². The fourth-order valence-electron chi connectivity index (χ4n) is 6.30. The molecule has 0 aliphatic rings. The van der Waals surface area contributed by atoms with Gasteiger partial charge in [-0.25, -0.2) is 4.57 Å². The zero-order chi connectivity index (χ0) is 42.5. The molecule has 334 valence electrons. The summed E-state index contributed by atoms with van der Waals surface area (Å²) in [6, 6.07) is 0. The third kappa shape index (κ3) is 46.2. The Labute approximate surface area is 355 Å². The molecule has 0 aromatic heterocycles. The number of hydrogen-bond acceptors (Lipinski definition) is 6. The van der Waals surface area contributed by atoms with Gasteiger partial charge in [-0.3, -0.25) is 14.1 Å². The Morgan fingerprint density at radius 1 is 0.466 bits per heavy atom. The van der Waals surface area contributed by atoms with Gasteiger partial charge in [0.25, 0.3) is 0 Å². The molecule has 0 aromatic rings. The van der Waals surface area contributed by atoms with Gasteiger partial charge < -0.3 is 19.3 Å². The normalized spacial score (nSPS) is 13.1. The third-order valence-electron chi connectivity index (χ3n) is 9.71. The Morgan fingerprint density at radius 2 is 0.828 bits per heavy atom. The number of allylic oxidation sites excluding steroid dienone is 12. The summed E-state index contributed by atoms with van der Waals surface area (Å²) < 4.78 is 26.4. The number of carbonyl (C=O) groups is 2. The average molecular weight is 833 g/mol. The van der Waals surface area contributed by atoms with Gasteiger partial charge in [-0.05, 0) is 70.6 Å². The molecule has 0 spiro atoms. The van der Waals surface area contributed by atoms with Crippen LogP contribution in [0.5, 0.6) is 0 Å². The van der Waals surface area contributed by atoms with E-state index in [0.29, 0.717) is 12.8 Å². The highest BCUT2D eigenvalue weighted by molar-refractivity contribution is 7.46. The molecule has 0 unspecified atom stereocenters. The van der Waals surface area contributed by atoms with Crippen molar-refractivity contribution in [2.75, 3.05) is 13.2 Å². The molecular weight excluding hydrogens is 748 g/mol. The van der Waals surface area contributed by atoms with Crippen LogP contribution in [0.2, 0.25) is 0 Å². The maximum atomic E-state index is 12.4. The van der Waals surface area contributed by atoms with Gasteiger partial charge in [0, 0.05) is 12.8 Å². The lowest BCUT2D eigenvalue weighted by molar-refractivity contribution is -0.161. The molecular formula is C49H85O8P. The van der Waals surface area contributed by atoms with Gasteiger partial charge in [0.1, 0.15) is 6.61 Å². The van der Waals surface area contributed by atoms with Crippen LogP contribution in [0, 0.1) is 0 Å². The van der Waals surface area contributed by atoms with Crippen LogP contribution in [0.1, 0.15) is 206 Å². The molecule has 2 N–H and O–H groups in total. The van der Waals surface area contributed by atoms with Crippen LogP contribution in [0.15, 0.2) is 72.9 Å². The molecule has 0 radical (unpaired) electrons. The van der Waals surface area contributed by atoms with Crippen molar-refractivity contribution in [3.63, 3.8) is 0 Å². The van der Waals surface area contributed by atoms with Crippen molar-refractivity contribution in [1.82, 2.24) is 0 Å². The second-order valence-corrected chi connectivity index (χ2v) is 16.6. The van der Waals surface area contributed by atoms with Crippen LogP contribution in [0.3, 0.4) is 0 Å². The van der Waals surface area contributed by atoms with Crippen LogP contribution >= 0.6 is 7.82 Å². The summed E-state index contributed by atoms with van der Waals surface area (Å²) in [4.78, 5) is 42.9. The van der Waals surface area contributed by atoms with Gasteiger partial charge in [-0.1, -0.05) is 196 Å². The average Bonchev–Trinajstić information content (AvgIpc) is 3.20. The molecule has 0 fully saturated rings. The second-order valence-electron chi connectivity index (χ2n) is 15.3. The van der Waals surface area contributed by atoms with Gasteiger partial charge in [0.2, 0.25) is 0 Å². The first-order valence-electron chi connectivity index (χ1n) is 23.2. The Hall–Kier alpha value is -2.51. The van der Waals surface area contributed by atoms with Crippen LogP contribution in [-0.4, -0.2) is 41.0 Å². The summed E-state index contributed by atoms with van der Waals surface area (Å²) in [6.07, 6.45) is 58.0. The van der Waals surface area contributed by atoms with E-state index in [-0.39, 0.29) is 19.4 Å². The van der Waals surface area contributed by atoms with E-state index in [1.165, 1.54) is 116 Å². The number of hydrogen-bond donors (Lipinski definition) is 2. The number of rotatable bonds is 42. The monoisotopic (exact) mass is 833 g/mol. The maximum Gasteiger partial charge on any atom is 0.469 e. The third-order valence-corrected chi connectivity index (χ3v) is 10.2. The van der Waals surface area contributed by atoms with Gasteiger partial charge in [0.05, 0.1) is 6.61 Å². The van der Waals surface area contributed by atoms with Crippen molar-refractivity contribution in [1.29, 1.82) is 0 Å². The molecule has 8 nitrogen and oxygen atoms in total. The number of unbranched alkanes of at least 4 members (excludes halogenated alkanes) is 20. The highest BCUT2D eigenvalue weighted by Gasteiger charge is 2.22. The Kier molecular flexibility index (Phi) is 42.1. The molecule has 9 heteroatoms. The van der Waals surface area contributed by atoms with E-state index in [0.717, 1.165) is 51.4 Å². The van der Waals surface area contributed by atoms with E-state index in [9.17, 15) is 14.2 Å². The van der Waals surface area contributed by atoms with Crippen molar-refractivity contribution >= 4 is 19.8 Å². The number of carbonyl (C=O) groups excluding carboxylic acids is 2. The Morgan fingerprint density at radius 3 is 1.26 bits per heavy atom. The summed E-state index contributed by atoms with van der Waals surface area (Å²) in [5, 5.41) is 0. The molecule has 0 bridgehead atoms. The standard InChI is InChI=1S/C49H85O8P/c1-3-5-7-9-11-13-15-17-19-21-22-23-24-25-26-28-30-32-34-36-38-40-42-44-49(51)57-47(46-56-58(52,53)54)45-55-48(50)43-41-39-37-35-33-31-29-27-20-18-16-14-12-10-8-6-4-2/h6,8,12,14,18,20,29,31,35-38,47H,3-5,7,9-11,13,15-17,19,21-28,30,32-34,39-46H2,1-2H3,(H2,52,53,54)/b8-6+,14-12+,20-18+,31-29+,37-35+,38-36+/t47-/m1/s1. The topological polar surface area (TPSA) is 119 Å². The minimum Gasteiger partial charge on any atom is -0.462 e. The number of ether oxygens (including phenoxy) is 2. The van der Waals surface area contributed by atoms with Gasteiger partial charge >= 0.3 is 19.8 Å². The van der Waals surface area contributed by atoms with E-state index >= 15 is 0 Å². The molecule has 0 saturated heterocycles. The van der Waals surface area contributed by atoms with E-state index in [4.69, 9.17) is 19.3 Å². The maximum absolute atomic E-state index is 12.4. The van der Waals surface area contributed by atoms with Gasteiger partial charge in [0.15, 0.2) is 6.10 Å². The quantitative estimate of drug-likeness (QED) is 0.0270. The zero-order valence-corrected chi connectivity index (χ0v) is 37.8. The van der Waals surface area contributed by atoms with Gasteiger partial charge in [-0.15, -0.1) is 0 Å². The predicted molar refractivity (Wildman–Crippen MR) is 244 cm³/mol. The molecule has 0 aliphatic carbocycles. The minimum atomic E-state index is -4.78. The van der Waals surface area contributed by atoms with Crippen molar-refractivity contribution in [2.24, 2.45) is 0 Å². The molecule has 0 saturated carbocycles. The first kappa shape index (κ1) is 55.5. The van der Waals surface area contributed by atoms with E-state index < -0.39 is 32.5 Å². The van der Waals surface area contributed by atoms with E-state index in [1.54, 1.807) is 0 Å². The van der Waals surface area contributed by atoms with Crippen molar-refractivity contribution < 1.29 is 37.9 Å². The fraction of sp³-hybridized carbons (Fsp3) is 0.714. The summed E-state index contributed by atoms with van der Waals surface area (Å²) in [5.41, 5.74) is 0. The SMILES string of the molecule is CC/C=C/C/C=C/C/C=C/C/C=C/C/C=C/CCCC(=O)OC[C@H](COP(=O)(O)O)OC(=O)CCC/C=C/CCCCCCCCCCCCCCCCCCCC. The summed E-state index contributed by atoms with van der Waals surface area (Å²) in [7, 11) is -4.78. The fourth-order valence-corrected chi connectivity index (χ4v) is 6.66.